The molecule has 0 radical (unpaired) electrons. The van der Waals surface area contributed by atoms with Crippen LogP contribution in [0.3, 0.4) is 0 Å². The van der Waals surface area contributed by atoms with Crippen LogP contribution in [0.1, 0.15) is 36.7 Å². The maximum atomic E-state index is 12.2. The van der Waals surface area contributed by atoms with Crippen LogP contribution in [0.4, 0.5) is 0 Å². The molecule has 0 amide bonds. The predicted octanol–water partition coefficient (Wildman–Crippen LogP) is 2.74. The fourth-order valence-corrected chi connectivity index (χ4v) is 2.26. The Bertz CT molecular complexity index is 516. The maximum absolute atomic E-state index is 12.2. The van der Waals surface area contributed by atoms with Crippen molar-refractivity contribution in [2.75, 3.05) is 0 Å². The van der Waals surface area contributed by atoms with Gasteiger partial charge in [0.1, 0.15) is 5.60 Å². The number of alkyl halides is 1. The van der Waals surface area contributed by atoms with Gasteiger partial charge >= 0.3 is 5.97 Å². The molecule has 1 unspecified atom stereocenters. The van der Waals surface area contributed by atoms with Crippen LogP contribution in [0.5, 0.6) is 0 Å². The van der Waals surface area contributed by atoms with Gasteiger partial charge < -0.3 is 4.74 Å². The zero-order valence-corrected chi connectivity index (χ0v) is 11.4. The van der Waals surface area contributed by atoms with E-state index in [1.807, 2.05) is 12.1 Å². The van der Waals surface area contributed by atoms with Crippen LogP contribution in [-0.4, -0.2) is 22.2 Å². The second-order valence-electron chi connectivity index (χ2n) is 5.47. The smallest absolute Gasteiger partial charge is 0.336 e. The molecule has 1 aliphatic rings. The molecule has 96 valence electrons. The molecule has 1 aromatic carbocycles. The fourth-order valence-electron chi connectivity index (χ4n) is 1.98. The number of hydrogen-bond donors (Lipinski definition) is 0. The van der Waals surface area contributed by atoms with Gasteiger partial charge in [-0.3, -0.25) is 4.79 Å². The van der Waals surface area contributed by atoms with Gasteiger partial charge in [-0.15, -0.1) is 0 Å². The summed E-state index contributed by atoms with van der Waals surface area (Å²) in [6.07, 6.45) is 0.193. The van der Waals surface area contributed by atoms with Crippen LogP contribution in [0.25, 0.3) is 0 Å². The number of halogens is 1. The minimum atomic E-state index is -1.60. The van der Waals surface area contributed by atoms with Crippen LogP contribution in [-0.2, 0) is 16.0 Å². The van der Waals surface area contributed by atoms with Gasteiger partial charge in [0.25, 0.3) is 0 Å². The van der Waals surface area contributed by atoms with Crippen molar-refractivity contribution in [2.24, 2.45) is 0 Å². The fraction of sp³-hybridized carbons (Fsp3) is 0.429. The first-order valence-electron chi connectivity index (χ1n) is 5.79. The van der Waals surface area contributed by atoms with Gasteiger partial charge in [-0.1, -0.05) is 35.9 Å². The number of carbonyl (C=O) groups is 2. The average molecular weight is 267 g/mol. The highest BCUT2D eigenvalue weighted by atomic mass is 35.5. The highest BCUT2D eigenvalue weighted by Gasteiger charge is 2.52. The summed E-state index contributed by atoms with van der Waals surface area (Å²) in [5.41, 5.74) is 0.648. The van der Waals surface area contributed by atoms with Crippen LogP contribution >= 0.6 is 11.6 Å². The molecular weight excluding hydrogens is 252 g/mol. The first-order valence-corrected chi connectivity index (χ1v) is 6.17. The lowest BCUT2D eigenvalue weighted by Gasteiger charge is -2.25. The van der Waals surface area contributed by atoms with Crippen molar-refractivity contribution in [1.29, 1.82) is 0 Å². The first-order chi connectivity index (χ1) is 8.24. The molecule has 0 saturated carbocycles. The van der Waals surface area contributed by atoms with Crippen LogP contribution < -0.4 is 0 Å². The molecule has 18 heavy (non-hydrogen) atoms. The van der Waals surface area contributed by atoms with E-state index in [1.165, 1.54) is 0 Å². The number of fused-ring (bicyclic) bond motifs is 1. The lowest BCUT2D eigenvalue weighted by Crippen LogP contribution is -2.43. The number of hydrogen-bond acceptors (Lipinski definition) is 3. The number of benzene rings is 1. The molecular formula is C14H15ClO3. The largest absolute Gasteiger partial charge is 0.458 e. The highest BCUT2D eigenvalue weighted by molar-refractivity contribution is 6.49. The van der Waals surface area contributed by atoms with Gasteiger partial charge in [0.05, 0.1) is 0 Å². The molecule has 0 N–H and O–H groups in total. The van der Waals surface area contributed by atoms with Crippen molar-refractivity contribution >= 4 is 23.4 Å². The molecule has 1 aromatic rings. The van der Waals surface area contributed by atoms with Crippen LogP contribution in [0.2, 0.25) is 0 Å². The third-order valence-electron chi connectivity index (χ3n) is 2.78. The Morgan fingerprint density at radius 1 is 1.33 bits per heavy atom. The number of Topliss-reactive ketones (excluding diaryl/α,β-unsaturated/α-hetero) is 1. The van der Waals surface area contributed by atoms with Gasteiger partial charge in [0.15, 0.2) is 5.78 Å². The van der Waals surface area contributed by atoms with E-state index < -0.39 is 16.4 Å². The Morgan fingerprint density at radius 2 is 1.94 bits per heavy atom. The molecule has 0 spiro atoms. The summed E-state index contributed by atoms with van der Waals surface area (Å²) in [6, 6.07) is 7.08. The van der Waals surface area contributed by atoms with E-state index >= 15 is 0 Å². The SMILES string of the molecule is CC(C)(C)OC(=O)C1(Cl)Cc2ccccc2C1=O. The summed E-state index contributed by atoms with van der Waals surface area (Å²) in [5, 5.41) is 0. The second-order valence-corrected chi connectivity index (χ2v) is 6.11. The van der Waals surface area contributed by atoms with Gasteiger partial charge in [-0.2, -0.15) is 0 Å². The Kier molecular flexibility index (Phi) is 2.98. The van der Waals surface area contributed by atoms with Crippen molar-refractivity contribution in [3.8, 4) is 0 Å². The molecule has 2 rings (SSSR count). The molecule has 1 aliphatic carbocycles. The molecule has 0 aromatic heterocycles. The normalized spacial score (nSPS) is 22.8. The molecule has 4 heteroatoms. The van der Waals surface area contributed by atoms with Crippen molar-refractivity contribution in [2.45, 2.75) is 37.7 Å². The highest BCUT2D eigenvalue weighted by Crippen LogP contribution is 2.36. The quantitative estimate of drug-likeness (QED) is 0.446. The Balaban J connectivity index is 2.31. The van der Waals surface area contributed by atoms with Crippen molar-refractivity contribution in [3.05, 3.63) is 35.4 Å². The van der Waals surface area contributed by atoms with Gasteiger partial charge in [0.2, 0.25) is 4.87 Å². The third-order valence-corrected chi connectivity index (χ3v) is 3.24. The Hall–Kier alpha value is -1.35. The second kappa shape index (κ2) is 4.09. The van der Waals surface area contributed by atoms with E-state index in [1.54, 1.807) is 32.9 Å². The zero-order valence-electron chi connectivity index (χ0n) is 10.6. The van der Waals surface area contributed by atoms with E-state index in [-0.39, 0.29) is 12.2 Å². The van der Waals surface area contributed by atoms with Gasteiger partial charge in [0, 0.05) is 12.0 Å². The molecule has 0 saturated heterocycles. The lowest BCUT2D eigenvalue weighted by atomic mass is 10.0. The summed E-state index contributed by atoms with van der Waals surface area (Å²) in [7, 11) is 0. The summed E-state index contributed by atoms with van der Waals surface area (Å²) >= 11 is 6.22. The van der Waals surface area contributed by atoms with E-state index in [4.69, 9.17) is 16.3 Å². The minimum Gasteiger partial charge on any atom is -0.458 e. The molecule has 3 nitrogen and oxygen atoms in total. The maximum Gasteiger partial charge on any atom is 0.336 e. The monoisotopic (exact) mass is 266 g/mol. The Morgan fingerprint density at radius 3 is 2.50 bits per heavy atom. The molecule has 0 aliphatic heterocycles. The minimum absolute atomic E-state index is 0.193. The van der Waals surface area contributed by atoms with Gasteiger partial charge in [-0.25, -0.2) is 4.79 Å². The van der Waals surface area contributed by atoms with Crippen molar-refractivity contribution in [3.63, 3.8) is 0 Å². The van der Waals surface area contributed by atoms with E-state index in [0.717, 1.165) is 5.56 Å². The van der Waals surface area contributed by atoms with E-state index in [2.05, 4.69) is 0 Å². The topological polar surface area (TPSA) is 43.4 Å². The van der Waals surface area contributed by atoms with Crippen molar-refractivity contribution < 1.29 is 14.3 Å². The molecule has 0 bridgehead atoms. The van der Waals surface area contributed by atoms with Crippen LogP contribution in [0, 0.1) is 0 Å². The number of esters is 1. The summed E-state index contributed by atoms with van der Waals surface area (Å²) in [5.74, 6) is -1.04. The lowest BCUT2D eigenvalue weighted by molar-refractivity contribution is -0.156. The standard InChI is InChI=1S/C14H15ClO3/c1-13(2,3)18-12(17)14(15)8-9-6-4-5-7-10(9)11(14)16/h4-7H,8H2,1-3H3. The van der Waals surface area contributed by atoms with E-state index in [0.29, 0.717) is 5.56 Å². The Labute approximate surface area is 111 Å². The summed E-state index contributed by atoms with van der Waals surface area (Å²) in [4.78, 5) is 22.7. The number of rotatable bonds is 1. The summed E-state index contributed by atoms with van der Waals surface area (Å²) < 4.78 is 5.23. The number of ketones is 1. The molecule has 1 atom stereocenters. The average Bonchev–Trinajstić information content (AvgIpc) is 2.51. The molecule has 0 heterocycles. The summed E-state index contributed by atoms with van der Waals surface area (Å²) in [6.45, 7) is 5.24. The van der Waals surface area contributed by atoms with Gasteiger partial charge in [-0.05, 0) is 26.3 Å². The first kappa shape index (κ1) is 13.1. The van der Waals surface area contributed by atoms with Crippen LogP contribution in [0.15, 0.2) is 24.3 Å². The third kappa shape index (κ3) is 2.15. The van der Waals surface area contributed by atoms with E-state index in [9.17, 15) is 9.59 Å². The molecule has 0 fully saturated rings. The predicted molar refractivity (Wildman–Crippen MR) is 68.9 cm³/mol. The van der Waals surface area contributed by atoms with Crippen molar-refractivity contribution in [1.82, 2.24) is 0 Å². The zero-order chi connectivity index (χ0) is 13.6. The number of ether oxygens (including phenoxy) is 1. The number of carbonyl (C=O) groups excluding carboxylic acids is 2.